The molecule has 1 saturated carbocycles. The molecule has 1 aromatic rings. The normalized spacial score (nSPS) is 16.5. The van der Waals surface area contributed by atoms with E-state index in [1.807, 2.05) is 6.92 Å². The number of nitrogens with one attached hydrogen (secondary N) is 2. The van der Waals surface area contributed by atoms with Crippen LogP contribution in [0.2, 0.25) is 0 Å². The lowest BCUT2D eigenvalue weighted by Gasteiger charge is -2.15. The highest BCUT2D eigenvalue weighted by atomic mass is 32.2. The fourth-order valence-corrected chi connectivity index (χ4v) is 3.98. The summed E-state index contributed by atoms with van der Waals surface area (Å²) in [4.78, 5) is 0. The van der Waals surface area contributed by atoms with Gasteiger partial charge < -0.3 is 5.73 Å². The Hall–Kier alpha value is -1.56. The lowest BCUT2D eigenvalue weighted by atomic mass is 10.1. The first-order valence-electron chi connectivity index (χ1n) is 6.37. The highest BCUT2D eigenvalue weighted by Crippen LogP contribution is 2.27. The van der Waals surface area contributed by atoms with E-state index in [-0.39, 0.29) is 11.1 Å². The smallest absolute Gasteiger partial charge is 0.235 e. The predicted molar refractivity (Wildman–Crippen MR) is 77.0 cm³/mol. The SMILES string of the molecule is Cc1ccc(C(=N)N)cc1NS(=O)(=O)C1CCCC1. The first-order chi connectivity index (χ1) is 8.90. The molecule has 5 nitrogen and oxygen atoms in total. The van der Waals surface area contributed by atoms with Gasteiger partial charge in [0.25, 0.3) is 0 Å². The summed E-state index contributed by atoms with van der Waals surface area (Å²) >= 11 is 0. The summed E-state index contributed by atoms with van der Waals surface area (Å²) in [5, 5.41) is 7.10. The van der Waals surface area contributed by atoms with Crippen LogP contribution in [0.15, 0.2) is 18.2 Å². The third-order valence-corrected chi connectivity index (χ3v) is 5.40. The highest BCUT2D eigenvalue weighted by molar-refractivity contribution is 7.93. The first-order valence-corrected chi connectivity index (χ1v) is 7.91. The Labute approximate surface area is 113 Å². The van der Waals surface area contributed by atoms with E-state index in [0.717, 1.165) is 31.2 Å². The van der Waals surface area contributed by atoms with Crippen molar-refractivity contribution in [3.63, 3.8) is 0 Å². The minimum absolute atomic E-state index is 0.0682. The standard InChI is InChI=1S/C13H19N3O2S/c1-9-6-7-10(13(14)15)8-12(9)16-19(17,18)11-4-2-3-5-11/h6-8,11,16H,2-5H2,1H3,(H3,14,15). The molecule has 0 aromatic heterocycles. The third-order valence-electron chi connectivity index (χ3n) is 3.54. The van der Waals surface area contributed by atoms with Gasteiger partial charge in [-0.2, -0.15) is 0 Å². The molecule has 104 valence electrons. The van der Waals surface area contributed by atoms with Crippen LogP contribution in [-0.2, 0) is 10.0 Å². The molecule has 0 amide bonds. The maximum atomic E-state index is 12.2. The predicted octanol–water partition coefficient (Wildman–Crippen LogP) is 1.96. The molecule has 0 saturated heterocycles. The molecule has 0 aliphatic heterocycles. The zero-order valence-corrected chi connectivity index (χ0v) is 11.8. The topological polar surface area (TPSA) is 96.0 Å². The first kappa shape index (κ1) is 13.9. The summed E-state index contributed by atoms with van der Waals surface area (Å²) in [6.07, 6.45) is 3.39. The number of nitrogen functional groups attached to an aromatic ring is 1. The van der Waals surface area contributed by atoms with Gasteiger partial charge in [-0.25, -0.2) is 8.42 Å². The second kappa shape index (κ2) is 5.21. The number of amidine groups is 1. The number of sulfonamides is 1. The number of hydrogen-bond donors (Lipinski definition) is 3. The van der Waals surface area contributed by atoms with Crippen LogP contribution in [0.25, 0.3) is 0 Å². The zero-order valence-electron chi connectivity index (χ0n) is 10.9. The van der Waals surface area contributed by atoms with Gasteiger partial charge in [-0.1, -0.05) is 25.0 Å². The van der Waals surface area contributed by atoms with Gasteiger partial charge in [0.2, 0.25) is 10.0 Å². The van der Waals surface area contributed by atoms with E-state index in [4.69, 9.17) is 11.1 Å². The van der Waals surface area contributed by atoms with E-state index in [9.17, 15) is 8.42 Å². The largest absolute Gasteiger partial charge is 0.384 e. The fourth-order valence-electron chi connectivity index (χ4n) is 2.33. The van der Waals surface area contributed by atoms with Gasteiger partial charge in [0.15, 0.2) is 0 Å². The number of benzene rings is 1. The molecule has 1 aliphatic rings. The molecular formula is C13H19N3O2S. The van der Waals surface area contributed by atoms with Crippen molar-refractivity contribution in [1.29, 1.82) is 5.41 Å². The zero-order chi connectivity index (χ0) is 14.0. The van der Waals surface area contributed by atoms with Gasteiger partial charge in [0.05, 0.1) is 10.9 Å². The van der Waals surface area contributed by atoms with Crippen molar-refractivity contribution < 1.29 is 8.42 Å². The molecule has 0 spiro atoms. The molecule has 0 atom stereocenters. The number of nitrogens with two attached hydrogens (primary N) is 1. The second-order valence-corrected chi connectivity index (χ2v) is 6.96. The molecule has 1 fully saturated rings. The van der Waals surface area contributed by atoms with Crippen LogP contribution in [0.4, 0.5) is 5.69 Å². The molecule has 0 radical (unpaired) electrons. The number of hydrogen-bond acceptors (Lipinski definition) is 3. The van der Waals surface area contributed by atoms with Gasteiger partial charge in [0, 0.05) is 5.56 Å². The van der Waals surface area contributed by atoms with Crippen LogP contribution in [-0.4, -0.2) is 19.5 Å². The molecule has 2 rings (SSSR count). The second-order valence-electron chi connectivity index (χ2n) is 5.00. The van der Waals surface area contributed by atoms with Crippen LogP contribution in [0.5, 0.6) is 0 Å². The van der Waals surface area contributed by atoms with Crippen LogP contribution in [0, 0.1) is 12.3 Å². The van der Waals surface area contributed by atoms with Crippen molar-refractivity contribution >= 4 is 21.5 Å². The Morgan fingerprint density at radius 1 is 1.37 bits per heavy atom. The van der Waals surface area contributed by atoms with E-state index in [1.165, 1.54) is 0 Å². The van der Waals surface area contributed by atoms with Crippen molar-refractivity contribution in [2.45, 2.75) is 37.9 Å². The summed E-state index contributed by atoms with van der Waals surface area (Å²) in [6, 6.07) is 5.10. The van der Waals surface area contributed by atoms with Crippen LogP contribution < -0.4 is 10.5 Å². The third kappa shape index (κ3) is 3.07. The maximum absolute atomic E-state index is 12.2. The Morgan fingerprint density at radius 2 is 2.00 bits per heavy atom. The number of rotatable bonds is 4. The Bertz CT molecular complexity index is 590. The molecule has 1 aliphatic carbocycles. The van der Waals surface area contributed by atoms with Crippen LogP contribution in [0.3, 0.4) is 0 Å². The van der Waals surface area contributed by atoms with E-state index >= 15 is 0 Å². The van der Waals surface area contributed by atoms with Crippen LogP contribution in [0.1, 0.15) is 36.8 Å². The lowest BCUT2D eigenvalue weighted by Crippen LogP contribution is -2.26. The van der Waals surface area contributed by atoms with Crippen molar-refractivity contribution in [1.82, 2.24) is 0 Å². The van der Waals surface area contributed by atoms with Gasteiger partial charge in [-0.05, 0) is 31.4 Å². The average molecular weight is 281 g/mol. The summed E-state index contributed by atoms with van der Waals surface area (Å²) in [6.45, 7) is 1.83. The summed E-state index contributed by atoms with van der Waals surface area (Å²) < 4.78 is 27.1. The minimum Gasteiger partial charge on any atom is -0.384 e. The minimum atomic E-state index is -3.34. The number of anilines is 1. The quantitative estimate of drug-likeness (QED) is 0.581. The Kier molecular flexibility index (Phi) is 3.80. The molecule has 1 aromatic carbocycles. The van der Waals surface area contributed by atoms with E-state index in [0.29, 0.717) is 11.3 Å². The molecular weight excluding hydrogens is 262 g/mol. The molecule has 0 heterocycles. The van der Waals surface area contributed by atoms with Crippen molar-refractivity contribution in [2.75, 3.05) is 4.72 Å². The van der Waals surface area contributed by atoms with Crippen molar-refractivity contribution in [2.24, 2.45) is 5.73 Å². The summed E-state index contributed by atoms with van der Waals surface area (Å²) in [5.74, 6) is -0.0682. The monoisotopic (exact) mass is 281 g/mol. The molecule has 6 heteroatoms. The maximum Gasteiger partial charge on any atom is 0.235 e. The number of aryl methyl sites for hydroxylation is 1. The Morgan fingerprint density at radius 3 is 2.58 bits per heavy atom. The molecule has 0 bridgehead atoms. The molecule has 19 heavy (non-hydrogen) atoms. The van der Waals surface area contributed by atoms with E-state index < -0.39 is 10.0 Å². The van der Waals surface area contributed by atoms with Gasteiger partial charge in [-0.15, -0.1) is 0 Å². The van der Waals surface area contributed by atoms with Gasteiger partial charge in [0.1, 0.15) is 5.84 Å². The summed E-state index contributed by atoms with van der Waals surface area (Å²) in [7, 11) is -3.34. The van der Waals surface area contributed by atoms with E-state index in [1.54, 1.807) is 18.2 Å². The van der Waals surface area contributed by atoms with Crippen molar-refractivity contribution in [3.05, 3.63) is 29.3 Å². The van der Waals surface area contributed by atoms with Crippen molar-refractivity contribution in [3.8, 4) is 0 Å². The fraction of sp³-hybridized carbons (Fsp3) is 0.462. The Balaban J connectivity index is 2.27. The highest BCUT2D eigenvalue weighted by Gasteiger charge is 2.28. The average Bonchev–Trinajstić information content (AvgIpc) is 2.85. The van der Waals surface area contributed by atoms with Gasteiger partial charge in [-0.3, -0.25) is 10.1 Å². The van der Waals surface area contributed by atoms with Crippen LogP contribution >= 0.6 is 0 Å². The lowest BCUT2D eigenvalue weighted by molar-refractivity contribution is 0.585. The van der Waals surface area contributed by atoms with E-state index in [2.05, 4.69) is 4.72 Å². The summed E-state index contributed by atoms with van der Waals surface area (Å²) in [5.41, 5.74) is 7.29. The van der Waals surface area contributed by atoms with Gasteiger partial charge >= 0.3 is 0 Å². The molecule has 4 N–H and O–H groups in total. The molecule has 0 unspecified atom stereocenters.